The summed E-state index contributed by atoms with van der Waals surface area (Å²) in [5.41, 5.74) is 4.35. The normalized spacial score (nSPS) is 12.0. The maximum absolute atomic E-state index is 13.8. The van der Waals surface area contributed by atoms with Crippen molar-refractivity contribution in [1.29, 1.82) is 0 Å². The summed E-state index contributed by atoms with van der Waals surface area (Å²) >= 11 is 3.38. The molecule has 0 N–H and O–H groups in total. The average Bonchev–Trinajstić information content (AvgIpc) is 2.42. The Labute approximate surface area is 148 Å². The van der Waals surface area contributed by atoms with Crippen molar-refractivity contribution in [2.75, 3.05) is 0 Å². The number of halogens is 2. The van der Waals surface area contributed by atoms with Crippen LogP contribution in [0, 0.1) is 5.82 Å². The number of rotatable bonds is 4. The molecule has 2 rings (SSSR count). The Bertz CT molecular complexity index is 672. The Balaban J connectivity index is 2.52. The van der Waals surface area contributed by atoms with E-state index in [1.54, 1.807) is 6.07 Å². The topological polar surface area (TPSA) is 9.23 Å². The molecular formula is C19H23BrFOSi. The molecule has 0 amide bonds. The van der Waals surface area contributed by atoms with Gasteiger partial charge in [0.05, 0.1) is 6.61 Å². The van der Waals surface area contributed by atoms with Crippen LogP contribution in [-0.2, 0) is 16.4 Å². The molecule has 2 aromatic carbocycles. The minimum absolute atomic E-state index is 0.0714. The Morgan fingerprint density at radius 1 is 1.09 bits per heavy atom. The Kier molecular flexibility index (Phi) is 5.82. The first-order valence-electron chi connectivity index (χ1n) is 7.69. The second-order valence-corrected chi connectivity index (χ2v) is 10.00. The van der Waals surface area contributed by atoms with Crippen LogP contribution in [0.3, 0.4) is 0 Å². The van der Waals surface area contributed by atoms with Crippen LogP contribution >= 0.6 is 15.9 Å². The predicted molar refractivity (Wildman–Crippen MR) is 101 cm³/mol. The van der Waals surface area contributed by atoms with E-state index in [0.29, 0.717) is 6.61 Å². The van der Waals surface area contributed by atoms with E-state index in [1.807, 2.05) is 6.07 Å². The van der Waals surface area contributed by atoms with Crippen molar-refractivity contribution in [2.45, 2.75) is 45.9 Å². The Hall–Kier alpha value is -0.973. The molecule has 2 aromatic rings. The Morgan fingerprint density at radius 3 is 2.35 bits per heavy atom. The molecule has 0 saturated carbocycles. The van der Waals surface area contributed by atoms with Gasteiger partial charge < -0.3 is 4.43 Å². The van der Waals surface area contributed by atoms with Crippen LogP contribution in [0.4, 0.5) is 4.39 Å². The standard InChI is InChI=1S/C19H23BrFOSi/c1-19(2,3)15-6-7-18(14(8-15)12-22-23(4)5)13-9-16(20)11-17(21)10-13/h6-11H,12H2,1-5H3. The largest absolute Gasteiger partial charge is 0.413 e. The molecule has 0 fully saturated rings. The quantitative estimate of drug-likeness (QED) is 0.552. The molecule has 0 saturated heterocycles. The smallest absolute Gasteiger partial charge is 0.205 e. The molecule has 0 bridgehead atoms. The fourth-order valence-corrected chi connectivity index (χ4v) is 3.30. The average molecular weight is 394 g/mol. The summed E-state index contributed by atoms with van der Waals surface area (Å²) in [6, 6.07) is 11.4. The summed E-state index contributed by atoms with van der Waals surface area (Å²) in [5.74, 6) is -0.239. The van der Waals surface area contributed by atoms with Gasteiger partial charge in [-0.3, -0.25) is 0 Å². The van der Waals surface area contributed by atoms with Crippen LogP contribution in [-0.4, -0.2) is 9.04 Å². The van der Waals surface area contributed by atoms with Gasteiger partial charge in [0, 0.05) is 4.47 Å². The highest BCUT2D eigenvalue weighted by Gasteiger charge is 2.17. The summed E-state index contributed by atoms with van der Waals surface area (Å²) in [6.45, 7) is 11.4. The first kappa shape index (κ1) is 18.4. The van der Waals surface area contributed by atoms with Crippen LogP contribution in [0.2, 0.25) is 13.1 Å². The van der Waals surface area contributed by atoms with Crippen LogP contribution in [0.5, 0.6) is 0 Å². The Morgan fingerprint density at radius 2 is 1.78 bits per heavy atom. The highest BCUT2D eigenvalue weighted by Crippen LogP contribution is 2.32. The van der Waals surface area contributed by atoms with Gasteiger partial charge in [0.15, 0.2) is 0 Å². The third-order valence-electron chi connectivity index (χ3n) is 3.66. The second kappa shape index (κ2) is 7.28. The first-order chi connectivity index (χ1) is 10.7. The third kappa shape index (κ3) is 5.00. The van der Waals surface area contributed by atoms with Crippen LogP contribution in [0.15, 0.2) is 40.9 Å². The number of benzene rings is 2. The summed E-state index contributed by atoms with van der Waals surface area (Å²) < 4.78 is 20.4. The second-order valence-electron chi connectivity index (χ2n) is 6.98. The lowest BCUT2D eigenvalue weighted by Crippen LogP contribution is -2.13. The fraction of sp³-hybridized carbons (Fsp3) is 0.368. The SMILES string of the molecule is C[Si](C)OCc1cc(C(C)(C)C)ccc1-c1cc(F)cc(Br)c1. The molecule has 0 unspecified atom stereocenters. The zero-order valence-corrected chi connectivity index (χ0v) is 16.9. The summed E-state index contributed by atoms with van der Waals surface area (Å²) in [5, 5.41) is 0. The lowest BCUT2D eigenvalue weighted by molar-refractivity contribution is 0.315. The van der Waals surface area contributed by atoms with Crippen molar-refractivity contribution in [2.24, 2.45) is 0 Å². The minimum Gasteiger partial charge on any atom is -0.413 e. The lowest BCUT2D eigenvalue weighted by Gasteiger charge is -2.22. The van der Waals surface area contributed by atoms with E-state index in [-0.39, 0.29) is 11.2 Å². The van der Waals surface area contributed by atoms with Crippen molar-refractivity contribution in [3.8, 4) is 11.1 Å². The first-order valence-corrected chi connectivity index (χ1v) is 10.9. The van der Waals surface area contributed by atoms with E-state index >= 15 is 0 Å². The highest BCUT2D eigenvalue weighted by atomic mass is 79.9. The van der Waals surface area contributed by atoms with E-state index in [4.69, 9.17) is 4.43 Å². The molecule has 0 aliphatic carbocycles. The van der Waals surface area contributed by atoms with Gasteiger partial charge in [-0.1, -0.05) is 54.9 Å². The molecule has 0 aliphatic rings. The van der Waals surface area contributed by atoms with Crippen LogP contribution in [0.25, 0.3) is 11.1 Å². The summed E-state index contributed by atoms with van der Waals surface area (Å²) in [7, 11) is -0.777. The van der Waals surface area contributed by atoms with Crippen LogP contribution < -0.4 is 0 Å². The van der Waals surface area contributed by atoms with E-state index in [1.165, 1.54) is 11.6 Å². The van der Waals surface area contributed by atoms with Crippen LogP contribution in [0.1, 0.15) is 31.9 Å². The molecule has 1 radical (unpaired) electrons. The van der Waals surface area contributed by atoms with Gasteiger partial charge in [0.1, 0.15) is 5.82 Å². The molecule has 0 aromatic heterocycles. The molecular weight excluding hydrogens is 371 g/mol. The lowest BCUT2D eigenvalue weighted by atomic mass is 9.84. The van der Waals surface area contributed by atoms with Gasteiger partial charge in [-0.25, -0.2) is 4.39 Å². The molecule has 0 spiro atoms. The van der Waals surface area contributed by atoms with Crippen molar-refractivity contribution in [3.05, 3.63) is 57.8 Å². The number of hydrogen-bond acceptors (Lipinski definition) is 1. The van der Waals surface area contributed by atoms with Gasteiger partial charge >= 0.3 is 0 Å². The van der Waals surface area contributed by atoms with Gasteiger partial charge in [0.25, 0.3) is 0 Å². The highest BCUT2D eigenvalue weighted by molar-refractivity contribution is 9.10. The molecule has 23 heavy (non-hydrogen) atoms. The zero-order valence-electron chi connectivity index (χ0n) is 14.3. The molecule has 0 atom stereocenters. The summed E-state index contributed by atoms with van der Waals surface area (Å²) in [4.78, 5) is 0. The van der Waals surface area contributed by atoms with Gasteiger partial charge in [-0.15, -0.1) is 0 Å². The monoisotopic (exact) mass is 393 g/mol. The van der Waals surface area contributed by atoms with Crippen molar-refractivity contribution in [3.63, 3.8) is 0 Å². The zero-order chi connectivity index (χ0) is 17.2. The van der Waals surface area contributed by atoms with E-state index < -0.39 is 9.04 Å². The van der Waals surface area contributed by atoms with Crippen molar-refractivity contribution < 1.29 is 8.82 Å². The molecule has 4 heteroatoms. The third-order valence-corrected chi connectivity index (χ3v) is 4.84. The number of hydrogen-bond donors (Lipinski definition) is 0. The maximum Gasteiger partial charge on any atom is 0.205 e. The van der Waals surface area contributed by atoms with Crippen molar-refractivity contribution in [1.82, 2.24) is 0 Å². The van der Waals surface area contributed by atoms with Gasteiger partial charge in [-0.2, -0.15) is 0 Å². The molecule has 0 aliphatic heterocycles. The molecule has 0 heterocycles. The van der Waals surface area contributed by atoms with Gasteiger partial charge in [-0.05, 0) is 59.0 Å². The van der Waals surface area contributed by atoms with Gasteiger partial charge in [0.2, 0.25) is 9.04 Å². The predicted octanol–water partition coefficient (Wildman–Crippen LogP) is 6.32. The minimum atomic E-state index is -0.777. The maximum atomic E-state index is 13.8. The molecule has 123 valence electrons. The summed E-state index contributed by atoms with van der Waals surface area (Å²) in [6.07, 6.45) is 0. The fourth-order valence-electron chi connectivity index (χ4n) is 2.39. The van der Waals surface area contributed by atoms with E-state index in [0.717, 1.165) is 21.2 Å². The molecule has 1 nitrogen and oxygen atoms in total. The van der Waals surface area contributed by atoms with E-state index in [2.05, 4.69) is 68.0 Å². The van der Waals surface area contributed by atoms with E-state index in [9.17, 15) is 4.39 Å². The van der Waals surface area contributed by atoms with Crippen molar-refractivity contribution >= 4 is 25.0 Å².